The predicted molar refractivity (Wildman–Crippen MR) is 83.2 cm³/mol. The smallest absolute Gasteiger partial charge is 0.251 e. The van der Waals surface area contributed by atoms with Crippen molar-refractivity contribution in [1.82, 2.24) is 10.0 Å². The minimum absolute atomic E-state index is 0.0361. The van der Waals surface area contributed by atoms with Crippen molar-refractivity contribution in [2.45, 2.75) is 12.8 Å². The molecule has 1 aliphatic rings. The van der Waals surface area contributed by atoms with E-state index in [0.29, 0.717) is 18.5 Å². The first-order valence-corrected chi connectivity index (χ1v) is 8.68. The number of rotatable bonds is 6. The zero-order chi connectivity index (χ0) is 16.2. The Balaban J connectivity index is 1.92. The number of benzene rings is 1. The lowest BCUT2D eigenvalue weighted by Gasteiger charge is -2.15. The maximum atomic E-state index is 11.9. The number of amides is 2. The molecule has 1 heterocycles. The fourth-order valence-electron chi connectivity index (χ4n) is 2.22. The van der Waals surface area contributed by atoms with Gasteiger partial charge in [0.05, 0.1) is 5.75 Å². The highest BCUT2D eigenvalue weighted by Crippen LogP contribution is 2.21. The highest BCUT2D eigenvalue weighted by molar-refractivity contribution is 7.89. The monoisotopic (exact) mass is 325 g/mol. The Kier molecular flexibility index (Phi) is 5.15. The van der Waals surface area contributed by atoms with Crippen molar-refractivity contribution in [3.8, 4) is 0 Å². The van der Waals surface area contributed by atoms with Crippen molar-refractivity contribution in [2.24, 2.45) is 0 Å². The summed E-state index contributed by atoms with van der Waals surface area (Å²) in [7, 11) is -2.00. The molecule has 1 aromatic carbocycles. The van der Waals surface area contributed by atoms with Crippen LogP contribution in [0.1, 0.15) is 23.2 Å². The minimum atomic E-state index is -3.33. The molecule has 22 heavy (non-hydrogen) atoms. The molecule has 7 nitrogen and oxygen atoms in total. The van der Waals surface area contributed by atoms with Gasteiger partial charge in [0, 0.05) is 30.8 Å². The van der Waals surface area contributed by atoms with Crippen molar-refractivity contribution < 1.29 is 18.0 Å². The first kappa shape index (κ1) is 16.4. The molecule has 2 rings (SSSR count). The van der Waals surface area contributed by atoms with Crippen LogP contribution in [0.3, 0.4) is 0 Å². The van der Waals surface area contributed by atoms with Crippen LogP contribution in [0.5, 0.6) is 0 Å². The van der Waals surface area contributed by atoms with Crippen LogP contribution in [0.2, 0.25) is 0 Å². The quantitative estimate of drug-likeness (QED) is 0.775. The van der Waals surface area contributed by atoms with Gasteiger partial charge in [0.15, 0.2) is 0 Å². The van der Waals surface area contributed by atoms with Crippen molar-refractivity contribution in [3.63, 3.8) is 0 Å². The molecule has 2 amide bonds. The average molecular weight is 325 g/mol. The number of nitrogens with zero attached hydrogens (tertiary/aromatic N) is 1. The second kappa shape index (κ2) is 6.89. The summed E-state index contributed by atoms with van der Waals surface area (Å²) in [5.41, 5.74) is 1.20. The predicted octanol–water partition coefficient (Wildman–Crippen LogP) is 0.0924. The molecule has 0 aromatic heterocycles. The standard InChI is InChI=1S/C14H19N3O4S/c1-15-22(20,21)10-8-16-14(19)11-4-6-12(7-5-11)17-9-2-3-13(17)18/h4-7,15H,2-3,8-10H2,1H3,(H,16,19). The number of carbonyl (C=O) groups is 2. The number of sulfonamides is 1. The first-order valence-electron chi connectivity index (χ1n) is 7.03. The highest BCUT2D eigenvalue weighted by atomic mass is 32.2. The summed E-state index contributed by atoms with van der Waals surface area (Å²) in [6.07, 6.45) is 1.41. The highest BCUT2D eigenvalue weighted by Gasteiger charge is 2.21. The van der Waals surface area contributed by atoms with Crippen LogP contribution >= 0.6 is 0 Å². The van der Waals surface area contributed by atoms with E-state index in [1.807, 2.05) is 0 Å². The Labute approximate surface area is 129 Å². The molecule has 0 spiro atoms. The number of hydrogen-bond donors (Lipinski definition) is 2. The number of hydrogen-bond acceptors (Lipinski definition) is 4. The molecule has 0 radical (unpaired) electrons. The van der Waals surface area contributed by atoms with Gasteiger partial charge in [-0.2, -0.15) is 0 Å². The van der Waals surface area contributed by atoms with Gasteiger partial charge >= 0.3 is 0 Å². The average Bonchev–Trinajstić information content (AvgIpc) is 2.93. The van der Waals surface area contributed by atoms with Crippen molar-refractivity contribution in [2.75, 3.05) is 30.8 Å². The van der Waals surface area contributed by atoms with Gasteiger partial charge < -0.3 is 10.2 Å². The lowest BCUT2D eigenvalue weighted by atomic mass is 10.2. The Morgan fingerprint density at radius 3 is 2.50 bits per heavy atom. The van der Waals surface area contributed by atoms with E-state index in [-0.39, 0.29) is 24.1 Å². The van der Waals surface area contributed by atoms with Gasteiger partial charge in [0.25, 0.3) is 5.91 Å². The van der Waals surface area contributed by atoms with Gasteiger partial charge in [-0.25, -0.2) is 13.1 Å². The summed E-state index contributed by atoms with van der Waals surface area (Å²) < 4.78 is 24.7. The summed E-state index contributed by atoms with van der Waals surface area (Å²) in [5.74, 6) is -0.421. The molecule has 120 valence electrons. The molecule has 0 bridgehead atoms. The van der Waals surface area contributed by atoms with E-state index in [9.17, 15) is 18.0 Å². The number of nitrogens with one attached hydrogen (secondary N) is 2. The summed E-state index contributed by atoms with van der Waals surface area (Å²) in [6, 6.07) is 6.70. The summed E-state index contributed by atoms with van der Waals surface area (Å²) >= 11 is 0. The van der Waals surface area contributed by atoms with Gasteiger partial charge in [-0.05, 0) is 37.7 Å². The van der Waals surface area contributed by atoms with Crippen LogP contribution < -0.4 is 14.9 Å². The van der Waals surface area contributed by atoms with Crippen LogP contribution in [0, 0.1) is 0 Å². The van der Waals surface area contributed by atoms with Gasteiger partial charge in [-0.15, -0.1) is 0 Å². The Hall–Kier alpha value is -1.93. The molecule has 1 aromatic rings. The SMILES string of the molecule is CNS(=O)(=O)CCNC(=O)c1ccc(N2CCCC2=O)cc1. The van der Waals surface area contributed by atoms with E-state index in [2.05, 4.69) is 10.0 Å². The molecule has 1 aliphatic heterocycles. The van der Waals surface area contributed by atoms with Crippen molar-refractivity contribution in [1.29, 1.82) is 0 Å². The van der Waals surface area contributed by atoms with Gasteiger partial charge in [0.2, 0.25) is 15.9 Å². The third-order valence-electron chi connectivity index (χ3n) is 3.48. The third-order valence-corrected chi connectivity index (χ3v) is 4.85. The summed E-state index contributed by atoms with van der Waals surface area (Å²) in [4.78, 5) is 25.2. The van der Waals surface area contributed by atoms with E-state index >= 15 is 0 Å². The molecule has 1 saturated heterocycles. The van der Waals surface area contributed by atoms with E-state index in [1.54, 1.807) is 29.2 Å². The molecule has 8 heteroatoms. The Bertz CT molecular complexity index is 655. The minimum Gasteiger partial charge on any atom is -0.351 e. The third kappa shape index (κ3) is 4.05. The fraction of sp³-hybridized carbons (Fsp3) is 0.429. The van der Waals surface area contributed by atoms with Gasteiger partial charge in [-0.1, -0.05) is 0 Å². The van der Waals surface area contributed by atoms with Gasteiger partial charge in [-0.3, -0.25) is 9.59 Å². The van der Waals surface area contributed by atoms with E-state index in [1.165, 1.54) is 7.05 Å². The Morgan fingerprint density at radius 1 is 1.27 bits per heavy atom. The first-order chi connectivity index (χ1) is 10.4. The normalized spacial score (nSPS) is 15.1. The number of carbonyl (C=O) groups excluding carboxylic acids is 2. The molecule has 0 atom stereocenters. The molecule has 1 fully saturated rings. The maximum Gasteiger partial charge on any atom is 0.251 e. The van der Waals surface area contributed by atoms with Gasteiger partial charge in [0.1, 0.15) is 0 Å². The van der Waals surface area contributed by atoms with Crippen molar-refractivity contribution >= 4 is 27.5 Å². The van der Waals surface area contributed by atoms with E-state index in [4.69, 9.17) is 0 Å². The number of anilines is 1. The maximum absolute atomic E-state index is 11.9. The van der Waals surface area contributed by atoms with Crippen LogP contribution in [0.25, 0.3) is 0 Å². The largest absolute Gasteiger partial charge is 0.351 e. The lowest BCUT2D eigenvalue weighted by molar-refractivity contribution is -0.117. The van der Waals surface area contributed by atoms with Crippen LogP contribution in [-0.2, 0) is 14.8 Å². The van der Waals surface area contributed by atoms with Crippen molar-refractivity contribution in [3.05, 3.63) is 29.8 Å². The molecular formula is C14H19N3O4S. The van der Waals surface area contributed by atoms with Crippen LogP contribution in [-0.4, -0.2) is 46.1 Å². The van der Waals surface area contributed by atoms with E-state index in [0.717, 1.165) is 12.1 Å². The zero-order valence-electron chi connectivity index (χ0n) is 12.3. The molecule has 2 N–H and O–H groups in total. The van der Waals surface area contributed by atoms with E-state index < -0.39 is 10.0 Å². The Morgan fingerprint density at radius 2 is 1.95 bits per heavy atom. The molecule has 0 aliphatic carbocycles. The topological polar surface area (TPSA) is 95.6 Å². The van der Waals surface area contributed by atoms with Crippen LogP contribution in [0.15, 0.2) is 24.3 Å². The summed E-state index contributed by atoms with van der Waals surface area (Å²) in [6.45, 7) is 0.737. The lowest BCUT2D eigenvalue weighted by Crippen LogP contribution is -2.33. The molecule has 0 unspecified atom stereocenters. The molecular weight excluding hydrogens is 306 g/mol. The van der Waals surface area contributed by atoms with Crippen LogP contribution in [0.4, 0.5) is 5.69 Å². The second-order valence-corrected chi connectivity index (χ2v) is 7.02. The molecule has 0 saturated carbocycles. The second-order valence-electron chi connectivity index (χ2n) is 4.97. The zero-order valence-corrected chi connectivity index (χ0v) is 13.1. The fourth-order valence-corrected chi connectivity index (χ4v) is 2.79. The summed E-state index contributed by atoms with van der Waals surface area (Å²) in [5, 5.41) is 2.55.